The van der Waals surface area contributed by atoms with Crippen molar-refractivity contribution in [2.24, 2.45) is 17.8 Å². The summed E-state index contributed by atoms with van der Waals surface area (Å²) >= 11 is 1.68. The van der Waals surface area contributed by atoms with E-state index in [1.54, 1.807) is 11.3 Å². The molecule has 5 nitrogen and oxygen atoms in total. The van der Waals surface area contributed by atoms with Gasteiger partial charge in [0.1, 0.15) is 10.7 Å². The number of hydrogen-bond acceptors (Lipinski definition) is 4. The number of hydrogen-bond donors (Lipinski definition) is 1. The monoisotopic (exact) mass is 413 g/mol. The van der Waals surface area contributed by atoms with Crippen LogP contribution in [0.2, 0.25) is 0 Å². The van der Waals surface area contributed by atoms with Crippen molar-refractivity contribution in [2.75, 3.05) is 13.1 Å². The number of nitrogens with one attached hydrogen (secondary N) is 1. The molecule has 2 aromatic rings. The zero-order chi connectivity index (χ0) is 20.0. The van der Waals surface area contributed by atoms with Crippen molar-refractivity contribution in [3.63, 3.8) is 0 Å². The highest BCUT2D eigenvalue weighted by Crippen LogP contribution is 2.37. The third-order valence-corrected chi connectivity index (χ3v) is 8.58. The number of amides is 1. The molecule has 0 radical (unpaired) electrons. The largest absolute Gasteiger partial charge is 0.342 e. The quantitative estimate of drug-likeness (QED) is 0.824. The topological polar surface area (TPSA) is 66.1 Å². The summed E-state index contributed by atoms with van der Waals surface area (Å²) in [5.74, 6) is 3.10. The standard InChI is InChI=1S/C23H31N3O2S/c1-14-6-7-17-18(12-14)29-23-21(17)22(28)24-19(25-23)8-9-20(27)26-11-10-15-4-2-3-5-16(15)13-26/h14-16H,2-13H2,1H3,(H,24,25,28)/t14-,15+,16-/m1/s1. The summed E-state index contributed by atoms with van der Waals surface area (Å²) in [6.45, 7) is 4.11. The number of aromatic nitrogens is 2. The molecule has 0 spiro atoms. The maximum atomic E-state index is 12.8. The first-order chi connectivity index (χ1) is 14.1. The Morgan fingerprint density at radius 1 is 1.21 bits per heavy atom. The SMILES string of the molecule is C[C@@H]1CCc2c(sc3nc(CCC(=O)N4CC[C@@H]5CCCC[C@@H]5C4)[nH]c(=O)c23)C1. The van der Waals surface area contributed by atoms with Crippen LogP contribution in [0.3, 0.4) is 0 Å². The molecule has 1 saturated heterocycles. The van der Waals surface area contributed by atoms with E-state index in [-0.39, 0.29) is 11.5 Å². The van der Waals surface area contributed by atoms with Gasteiger partial charge in [-0.1, -0.05) is 26.2 Å². The maximum Gasteiger partial charge on any atom is 0.259 e. The lowest BCUT2D eigenvalue weighted by atomic mass is 9.75. The molecule has 29 heavy (non-hydrogen) atoms. The van der Waals surface area contributed by atoms with Gasteiger partial charge in [0.15, 0.2) is 0 Å². The van der Waals surface area contributed by atoms with E-state index < -0.39 is 0 Å². The fourth-order valence-electron chi connectivity index (χ4n) is 5.72. The van der Waals surface area contributed by atoms with Gasteiger partial charge in [-0.2, -0.15) is 0 Å². The van der Waals surface area contributed by atoms with Gasteiger partial charge >= 0.3 is 0 Å². The second-order valence-corrected chi connectivity index (χ2v) is 10.6. The van der Waals surface area contributed by atoms with Crippen LogP contribution in [0.15, 0.2) is 4.79 Å². The highest BCUT2D eigenvalue weighted by atomic mass is 32.1. The summed E-state index contributed by atoms with van der Waals surface area (Å²) < 4.78 is 0. The molecule has 2 aliphatic carbocycles. The first-order valence-corrected chi connectivity index (χ1v) is 12.2. The van der Waals surface area contributed by atoms with Crippen LogP contribution < -0.4 is 5.56 Å². The molecule has 1 amide bonds. The van der Waals surface area contributed by atoms with Crippen LogP contribution >= 0.6 is 11.3 Å². The van der Waals surface area contributed by atoms with Crippen molar-refractivity contribution in [3.05, 3.63) is 26.6 Å². The van der Waals surface area contributed by atoms with Crippen LogP contribution in [0.5, 0.6) is 0 Å². The number of piperidine rings is 1. The number of carbonyl (C=O) groups is 1. The average Bonchev–Trinajstić information content (AvgIpc) is 3.09. The predicted octanol–water partition coefficient (Wildman–Crippen LogP) is 4.08. The van der Waals surface area contributed by atoms with E-state index >= 15 is 0 Å². The normalized spacial score (nSPS) is 26.9. The Bertz CT molecular complexity index is 978. The van der Waals surface area contributed by atoms with Crippen LogP contribution in [0.1, 0.15) is 68.1 Å². The van der Waals surface area contributed by atoms with Crippen LogP contribution in [-0.2, 0) is 24.1 Å². The summed E-state index contributed by atoms with van der Waals surface area (Å²) in [4.78, 5) is 37.5. The summed E-state index contributed by atoms with van der Waals surface area (Å²) in [6.07, 6.45) is 10.6. The molecule has 3 atom stereocenters. The van der Waals surface area contributed by atoms with Gasteiger partial charge in [0.2, 0.25) is 5.91 Å². The highest BCUT2D eigenvalue weighted by molar-refractivity contribution is 7.18. The molecule has 2 aromatic heterocycles. The van der Waals surface area contributed by atoms with Crippen molar-refractivity contribution in [2.45, 2.75) is 71.1 Å². The fraction of sp³-hybridized carbons (Fsp3) is 0.696. The predicted molar refractivity (Wildman–Crippen MR) is 116 cm³/mol. The molecule has 3 heterocycles. The van der Waals surface area contributed by atoms with Crippen LogP contribution in [0.25, 0.3) is 10.2 Å². The molecule has 156 valence electrons. The lowest BCUT2D eigenvalue weighted by molar-refractivity contribution is -0.134. The average molecular weight is 414 g/mol. The molecular weight excluding hydrogens is 382 g/mol. The number of carbonyl (C=O) groups excluding carboxylic acids is 1. The number of thiophene rings is 1. The van der Waals surface area contributed by atoms with E-state index in [0.29, 0.717) is 30.5 Å². The van der Waals surface area contributed by atoms with Crippen LogP contribution in [-0.4, -0.2) is 33.9 Å². The summed E-state index contributed by atoms with van der Waals surface area (Å²) in [7, 11) is 0. The van der Waals surface area contributed by atoms with Crippen molar-refractivity contribution in [1.82, 2.24) is 14.9 Å². The van der Waals surface area contributed by atoms with E-state index in [0.717, 1.165) is 54.9 Å². The minimum absolute atomic E-state index is 0.0208. The number of rotatable bonds is 3. The molecule has 1 aliphatic heterocycles. The Morgan fingerprint density at radius 3 is 2.90 bits per heavy atom. The van der Waals surface area contributed by atoms with E-state index in [1.807, 2.05) is 0 Å². The van der Waals surface area contributed by atoms with E-state index in [2.05, 4.69) is 16.8 Å². The molecule has 3 aliphatic rings. The minimum Gasteiger partial charge on any atom is -0.342 e. The summed E-state index contributed by atoms with van der Waals surface area (Å²) in [6, 6.07) is 0. The van der Waals surface area contributed by atoms with Gasteiger partial charge in [-0.05, 0) is 55.4 Å². The Balaban J connectivity index is 1.27. The second kappa shape index (κ2) is 7.86. The van der Waals surface area contributed by atoms with Gasteiger partial charge < -0.3 is 9.88 Å². The Labute approximate surface area is 175 Å². The van der Waals surface area contributed by atoms with Crippen molar-refractivity contribution in [3.8, 4) is 0 Å². The Hall–Kier alpha value is -1.69. The number of likely N-dealkylation sites (tertiary alicyclic amines) is 1. The Morgan fingerprint density at radius 2 is 2.03 bits per heavy atom. The molecular formula is C23H31N3O2S. The molecule has 5 rings (SSSR count). The van der Waals surface area contributed by atoms with Crippen LogP contribution in [0, 0.1) is 17.8 Å². The molecule has 0 bridgehead atoms. The molecule has 6 heteroatoms. The first-order valence-electron chi connectivity index (χ1n) is 11.4. The molecule has 1 N–H and O–H groups in total. The lowest BCUT2D eigenvalue weighted by Gasteiger charge is -2.41. The molecule has 1 saturated carbocycles. The first kappa shape index (κ1) is 19.3. The molecule has 0 unspecified atom stereocenters. The smallest absolute Gasteiger partial charge is 0.259 e. The summed E-state index contributed by atoms with van der Waals surface area (Å²) in [5.41, 5.74) is 1.20. The zero-order valence-corrected chi connectivity index (χ0v) is 18.2. The number of fused-ring (bicyclic) bond motifs is 4. The van der Waals surface area contributed by atoms with Gasteiger partial charge in [-0.25, -0.2) is 4.98 Å². The van der Waals surface area contributed by atoms with Crippen LogP contribution in [0.4, 0.5) is 0 Å². The van der Waals surface area contributed by atoms with Crippen molar-refractivity contribution < 1.29 is 4.79 Å². The minimum atomic E-state index is -0.0208. The van der Waals surface area contributed by atoms with Crippen molar-refractivity contribution in [1.29, 1.82) is 0 Å². The van der Waals surface area contributed by atoms with Gasteiger partial charge in [0.25, 0.3) is 5.56 Å². The van der Waals surface area contributed by atoms with Gasteiger partial charge in [-0.15, -0.1) is 11.3 Å². The Kier molecular flexibility index (Phi) is 5.23. The number of aromatic amines is 1. The second-order valence-electron chi connectivity index (χ2n) is 9.48. The molecule has 0 aromatic carbocycles. The third-order valence-electron chi connectivity index (χ3n) is 7.43. The van der Waals surface area contributed by atoms with Crippen molar-refractivity contribution >= 4 is 27.5 Å². The number of nitrogens with zero attached hydrogens (tertiary/aromatic N) is 2. The van der Waals surface area contributed by atoms with E-state index in [4.69, 9.17) is 4.98 Å². The van der Waals surface area contributed by atoms with Gasteiger partial charge in [-0.3, -0.25) is 9.59 Å². The highest BCUT2D eigenvalue weighted by Gasteiger charge is 2.32. The number of aryl methyl sites for hydroxylation is 2. The zero-order valence-electron chi connectivity index (χ0n) is 17.3. The molecule has 2 fully saturated rings. The van der Waals surface area contributed by atoms with Gasteiger partial charge in [0.05, 0.1) is 5.39 Å². The fourth-order valence-corrected chi connectivity index (χ4v) is 7.12. The summed E-state index contributed by atoms with van der Waals surface area (Å²) in [5, 5.41) is 0.798. The third kappa shape index (κ3) is 3.76. The maximum absolute atomic E-state index is 12.8. The van der Waals surface area contributed by atoms with E-state index in [9.17, 15) is 9.59 Å². The van der Waals surface area contributed by atoms with Gasteiger partial charge in [0, 0.05) is 30.8 Å². The lowest BCUT2D eigenvalue weighted by Crippen LogP contribution is -2.44. The van der Waals surface area contributed by atoms with E-state index in [1.165, 1.54) is 36.1 Å². The number of H-pyrrole nitrogens is 1.